The molecule has 0 aromatic heterocycles. The molecule has 0 unspecified atom stereocenters. The number of methoxy groups -OCH3 is 1. The number of hydrogen-bond donors (Lipinski definition) is 2. The van der Waals surface area contributed by atoms with Gasteiger partial charge in [0.25, 0.3) is 0 Å². The second kappa shape index (κ2) is 15.8. The van der Waals surface area contributed by atoms with Crippen molar-refractivity contribution in [2.75, 3.05) is 26.9 Å². The molecule has 262 valence electrons. The Morgan fingerprint density at radius 2 is 1.88 bits per heavy atom. The maximum Gasteiger partial charge on any atom is 0.313 e. The summed E-state index contributed by atoms with van der Waals surface area (Å²) in [5, 5.41) is 13.2. The van der Waals surface area contributed by atoms with Gasteiger partial charge in [0.1, 0.15) is 17.7 Å². The molecule has 2 N–H and O–H groups in total. The Bertz CT molecular complexity index is 1330. The Hall–Kier alpha value is -3.54. The van der Waals surface area contributed by atoms with Crippen LogP contribution in [0.2, 0.25) is 0 Å². The van der Waals surface area contributed by atoms with E-state index in [2.05, 4.69) is 18.5 Å². The molecule has 3 saturated heterocycles. The molecule has 1 aliphatic carbocycles. The highest BCUT2D eigenvalue weighted by Gasteiger charge is 2.75. The number of carbonyl (C=O) groups excluding carboxylic acids is 4. The average Bonchev–Trinajstić information content (AvgIpc) is 3.76. The normalized spacial score (nSPS) is 28.3. The number of likely N-dealkylation sites (tertiary alicyclic amines) is 1. The topological polar surface area (TPSA) is 135 Å². The van der Waals surface area contributed by atoms with Gasteiger partial charge in [-0.1, -0.05) is 61.7 Å². The lowest BCUT2D eigenvalue weighted by Crippen LogP contribution is -2.60. The number of rotatable bonds is 16. The second-order valence-corrected chi connectivity index (χ2v) is 13.6. The highest BCUT2D eigenvalue weighted by Crippen LogP contribution is 2.59. The van der Waals surface area contributed by atoms with Crippen LogP contribution in [0.3, 0.4) is 0 Å². The highest BCUT2D eigenvalue weighted by molar-refractivity contribution is 5.98. The van der Waals surface area contributed by atoms with Crippen LogP contribution in [-0.4, -0.2) is 101 Å². The minimum absolute atomic E-state index is 0.0199. The average molecular weight is 666 g/mol. The lowest BCUT2D eigenvalue weighted by Gasteiger charge is -2.41. The van der Waals surface area contributed by atoms with E-state index in [4.69, 9.17) is 14.2 Å². The largest absolute Gasteiger partial charge is 0.455 e. The Morgan fingerprint density at radius 1 is 1.15 bits per heavy atom. The lowest BCUT2D eigenvalue weighted by atomic mass is 9.70. The summed E-state index contributed by atoms with van der Waals surface area (Å²) in [6.45, 7) is 9.36. The number of ether oxygens (including phenoxy) is 3. The number of aliphatic hydroxyl groups excluding tert-OH is 1. The summed E-state index contributed by atoms with van der Waals surface area (Å²) in [5.41, 5.74) is -0.572. The summed E-state index contributed by atoms with van der Waals surface area (Å²) >= 11 is 0. The number of allylic oxidation sites excluding steroid dienone is 1. The van der Waals surface area contributed by atoms with Gasteiger partial charge in [-0.05, 0) is 44.6 Å². The quantitative estimate of drug-likeness (QED) is 0.203. The monoisotopic (exact) mass is 665 g/mol. The van der Waals surface area contributed by atoms with Crippen LogP contribution in [0.5, 0.6) is 0 Å². The molecule has 3 heterocycles. The second-order valence-electron chi connectivity index (χ2n) is 13.6. The van der Waals surface area contributed by atoms with Crippen molar-refractivity contribution >= 4 is 23.7 Å². The van der Waals surface area contributed by atoms with Crippen molar-refractivity contribution in [3.05, 3.63) is 61.2 Å². The summed E-state index contributed by atoms with van der Waals surface area (Å²) in [5.74, 6) is -3.40. The van der Waals surface area contributed by atoms with E-state index in [-0.39, 0.29) is 43.4 Å². The van der Waals surface area contributed by atoms with E-state index in [1.165, 1.54) is 12.0 Å². The molecule has 1 saturated carbocycles. The molecule has 4 aliphatic rings. The van der Waals surface area contributed by atoms with Gasteiger partial charge in [0.2, 0.25) is 17.7 Å². The summed E-state index contributed by atoms with van der Waals surface area (Å²) in [6, 6.07) is 6.76. The van der Waals surface area contributed by atoms with Gasteiger partial charge >= 0.3 is 5.97 Å². The van der Waals surface area contributed by atoms with Gasteiger partial charge in [-0.25, -0.2) is 0 Å². The van der Waals surface area contributed by atoms with Crippen LogP contribution in [0.1, 0.15) is 76.4 Å². The zero-order chi connectivity index (χ0) is 34.4. The summed E-state index contributed by atoms with van der Waals surface area (Å²) in [4.78, 5) is 59.6. The van der Waals surface area contributed by atoms with Crippen LogP contribution in [0.15, 0.2) is 55.6 Å². The van der Waals surface area contributed by atoms with Crippen LogP contribution in [-0.2, 0) is 33.4 Å². The van der Waals surface area contributed by atoms with Gasteiger partial charge in [-0.15, -0.1) is 13.2 Å². The number of carbonyl (C=O) groups is 4. The first-order valence-electron chi connectivity index (χ1n) is 17.4. The van der Waals surface area contributed by atoms with E-state index >= 15 is 0 Å². The van der Waals surface area contributed by atoms with E-state index < -0.39 is 53.7 Å². The first-order chi connectivity index (χ1) is 23.2. The van der Waals surface area contributed by atoms with Crippen LogP contribution in [0.25, 0.3) is 0 Å². The Kier molecular flexibility index (Phi) is 11.8. The Balaban J connectivity index is 1.47. The van der Waals surface area contributed by atoms with Gasteiger partial charge in [-0.2, -0.15) is 0 Å². The van der Waals surface area contributed by atoms with Crippen LogP contribution >= 0.6 is 0 Å². The molecule has 1 aromatic rings. The predicted octanol–water partition coefficient (Wildman–Crippen LogP) is 3.47. The van der Waals surface area contributed by atoms with Crippen LogP contribution in [0.4, 0.5) is 0 Å². The number of amides is 3. The molecule has 8 atom stereocenters. The molecule has 1 spiro atoms. The molecule has 4 fully saturated rings. The molecule has 1 aromatic carbocycles. The number of benzene rings is 1. The first kappa shape index (κ1) is 35.8. The molecule has 48 heavy (non-hydrogen) atoms. The molecular weight excluding hydrogens is 614 g/mol. The zero-order valence-corrected chi connectivity index (χ0v) is 28.3. The van der Waals surface area contributed by atoms with E-state index in [9.17, 15) is 24.3 Å². The summed E-state index contributed by atoms with van der Waals surface area (Å²) in [6.07, 6.45) is 8.37. The van der Waals surface area contributed by atoms with Gasteiger partial charge in [0.05, 0.1) is 43.2 Å². The number of esters is 1. The van der Waals surface area contributed by atoms with Crippen molar-refractivity contribution in [3.63, 3.8) is 0 Å². The minimum Gasteiger partial charge on any atom is -0.455 e. The van der Waals surface area contributed by atoms with Crippen LogP contribution in [0, 0.1) is 11.8 Å². The Morgan fingerprint density at radius 3 is 2.52 bits per heavy atom. The molecule has 3 amide bonds. The number of aliphatic hydroxyl groups is 1. The summed E-state index contributed by atoms with van der Waals surface area (Å²) < 4.78 is 18.4. The van der Waals surface area contributed by atoms with E-state index in [0.29, 0.717) is 31.4 Å². The molecule has 3 aliphatic heterocycles. The maximum absolute atomic E-state index is 14.7. The lowest BCUT2D eigenvalue weighted by molar-refractivity contribution is -0.163. The van der Waals surface area contributed by atoms with Crippen LogP contribution < -0.4 is 5.32 Å². The van der Waals surface area contributed by atoms with Gasteiger partial charge in [0.15, 0.2) is 0 Å². The van der Waals surface area contributed by atoms with E-state index in [0.717, 1.165) is 32.1 Å². The fourth-order valence-electron chi connectivity index (χ4n) is 8.43. The molecule has 0 radical (unpaired) electrons. The van der Waals surface area contributed by atoms with Crippen molar-refractivity contribution < 1.29 is 38.5 Å². The minimum atomic E-state index is -1.23. The molecule has 11 heteroatoms. The number of nitrogens with zero attached hydrogens (tertiary/aromatic N) is 2. The third-order valence-electron chi connectivity index (χ3n) is 10.6. The van der Waals surface area contributed by atoms with E-state index in [1.54, 1.807) is 19.1 Å². The van der Waals surface area contributed by atoms with E-state index in [1.807, 2.05) is 35.2 Å². The first-order valence-corrected chi connectivity index (χ1v) is 17.4. The van der Waals surface area contributed by atoms with Crippen molar-refractivity contribution in [3.8, 4) is 0 Å². The standard InChI is InChI=1S/C37H51N3O8/c1-5-7-18-29(42)38-27(23-46-4)32(25-14-10-8-11-15-25)47-36(45)30-28-19-20-37(48-28)31(30)34(43)40(24(3)22-41)33(37)35(44)39(21-6-2)26-16-12-9-13-17-26/h5-6,8,10-11,14-15,24,26-28,30-33,41H,1-2,7,9,12-13,16-23H2,3-4H3,(H,38,42)/t24-,27+,28+,30-,31-,32+,33+,37-/m1/s1. The van der Waals surface area contributed by atoms with Crippen molar-refractivity contribution in [1.82, 2.24) is 15.1 Å². The molecule has 5 rings (SSSR count). The summed E-state index contributed by atoms with van der Waals surface area (Å²) in [7, 11) is 1.51. The molecular formula is C37H51N3O8. The molecule has 11 nitrogen and oxygen atoms in total. The third-order valence-corrected chi connectivity index (χ3v) is 10.6. The zero-order valence-electron chi connectivity index (χ0n) is 28.3. The van der Waals surface area contributed by atoms with Gasteiger partial charge < -0.3 is 34.4 Å². The number of nitrogens with one attached hydrogen (secondary N) is 1. The van der Waals surface area contributed by atoms with Crippen molar-refractivity contribution in [2.45, 2.75) is 107 Å². The predicted molar refractivity (Wildman–Crippen MR) is 178 cm³/mol. The third kappa shape index (κ3) is 6.82. The van der Waals surface area contributed by atoms with Gasteiger partial charge in [0, 0.05) is 26.1 Å². The Labute approximate surface area is 283 Å². The number of fused-ring (bicyclic) bond motifs is 1. The van der Waals surface area contributed by atoms with Crippen molar-refractivity contribution in [2.24, 2.45) is 11.8 Å². The number of hydrogen-bond acceptors (Lipinski definition) is 8. The highest BCUT2D eigenvalue weighted by atomic mass is 16.6. The smallest absolute Gasteiger partial charge is 0.313 e. The SMILES string of the molecule is C=CCCC(=O)N[C@@H](COC)[C@@H](OC(=O)[C@@H]1[C@@H]2CC[C@]3(O2)[C@H](C(=O)N(CC=C)C2CCCCC2)N([C@H](C)CO)C(=O)[C@@H]13)c1ccccc1. The fraction of sp³-hybridized carbons (Fsp3) is 0.622. The van der Waals surface area contributed by atoms with Crippen molar-refractivity contribution in [1.29, 1.82) is 0 Å². The fourth-order valence-corrected chi connectivity index (χ4v) is 8.43. The molecule has 2 bridgehead atoms. The van der Waals surface area contributed by atoms with Gasteiger partial charge in [-0.3, -0.25) is 19.2 Å². The maximum atomic E-state index is 14.7.